The number of urea groups is 1. The molecule has 23 heavy (non-hydrogen) atoms. The normalized spacial score (nSPS) is 11.8. The second kappa shape index (κ2) is 7.37. The van der Waals surface area contributed by atoms with E-state index in [1.807, 2.05) is 50.2 Å². The first-order chi connectivity index (χ1) is 10.8. The molecule has 1 N–H and O–H groups in total. The molecule has 0 fully saturated rings. The minimum absolute atomic E-state index is 0.217. The van der Waals surface area contributed by atoms with Crippen molar-refractivity contribution in [3.05, 3.63) is 53.2 Å². The van der Waals surface area contributed by atoms with E-state index in [2.05, 4.69) is 10.3 Å². The van der Waals surface area contributed by atoms with Gasteiger partial charge < -0.3 is 4.90 Å². The third kappa shape index (κ3) is 4.89. The molecule has 1 aromatic heterocycles. The molecule has 0 radical (unpaired) electrons. The van der Waals surface area contributed by atoms with Crippen LogP contribution in [0.4, 0.5) is 10.6 Å². The fraction of sp³-hybridized carbons (Fsp3) is 0.294. The second-order valence-electron chi connectivity index (χ2n) is 5.56. The van der Waals surface area contributed by atoms with Crippen molar-refractivity contribution >= 4 is 22.6 Å². The Morgan fingerprint density at radius 2 is 1.87 bits per heavy atom. The van der Waals surface area contributed by atoms with Crippen LogP contribution in [-0.2, 0) is 17.3 Å². The van der Waals surface area contributed by atoms with Crippen LogP contribution in [0.1, 0.15) is 16.8 Å². The first-order valence-corrected chi connectivity index (χ1v) is 8.81. The summed E-state index contributed by atoms with van der Waals surface area (Å²) in [6.07, 6.45) is 1.64. The van der Waals surface area contributed by atoms with Crippen LogP contribution in [0.25, 0.3) is 0 Å². The Balaban J connectivity index is 2.00. The van der Waals surface area contributed by atoms with E-state index in [0.717, 1.165) is 21.7 Å². The quantitative estimate of drug-likeness (QED) is 0.936. The summed E-state index contributed by atoms with van der Waals surface area (Å²) in [6.45, 7) is 4.33. The molecule has 5 nitrogen and oxygen atoms in total. The number of carbonyl (C=O) groups is 1. The molecule has 2 aromatic rings. The Morgan fingerprint density at radius 1 is 1.22 bits per heavy atom. The summed E-state index contributed by atoms with van der Waals surface area (Å²) >= 11 is 0. The minimum atomic E-state index is -0.991. The standard InChI is InChI=1S/C17H21N3O2S/c1-12-9-13(2)18-16(10-12)19-17(21)20(3)11-14-5-7-15(8-6-14)23(4)22/h5-10H,11H2,1-4H3,(H,18,19,21)/t23-/m0/s1. The molecule has 0 unspecified atom stereocenters. The third-order valence-corrected chi connectivity index (χ3v) is 4.29. The summed E-state index contributed by atoms with van der Waals surface area (Å²) in [4.78, 5) is 18.9. The lowest BCUT2D eigenvalue weighted by molar-refractivity contribution is 0.220. The van der Waals surface area contributed by atoms with Crippen LogP contribution in [0, 0.1) is 13.8 Å². The number of hydrogen-bond acceptors (Lipinski definition) is 3. The Labute approximate surface area is 139 Å². The van der Waals surface area contributed by atoms with Gasteiger partial charge in [-0.05, 0) is 49.2 Å². The van der Waals surface area contributed by atoms with E-state index in [1.54, 1.807) is 18.2 Å². The highest BCUT2D eigenvalue weighted by Gasteiger charge is 2.11. The zero-order valence-electron chi connectivity index (χ0n) is 13.8. The Kier molecular flexibility index (Phi) is 5.50. The van der Waals surface area contributed by atoms with E-state index in [-0.39, 0.29) is 6.03 Å². The molecule has 0 spiro atoms. The first-order valence-electron chi connectivity index (χ1n) is 7.25. The van der Waals surface area contributed by atoms with Crippen LogP contribution in [0.3, 0.4) is 0 Å². The molecule has 6 heteroatoms. The maximum absolute atomic E-state index is 12.2. The summed E-state index contributed by atoms with van der Waals surface area (Å²) in [5.74, 6) is 0.552. The van der Waals surface area contributed by atoms with Crippen LogP contribution in [-0.4, -0.2) is 33.4 Å². The van der Waals surface area contributed by atoms with Gasteiger partial charge in [0.1, 0.15) is 5.82 Å². The van der Waals surface area contributed by atoms with Crippen molar-refractivity contribution in [2.24, 2.45) is 0 Å². The average Bonchev–Trinajstić information content (AvgIpc) is 2.46. The van der Waals surface area contributed by atoms with E-state index in [0.29, 0.717) is 12.4 Å². The van der Waals surface area contributed by atoms with Gasteiger partial charge in [-0.2, -0.15) is 0 Å². The van der Waals surface area contributed by atoms with Crippen molar-refractivity contribution in [2.45, 2.75) is 25.3 Å². The monoisotopic (exact) mass is 331 g/mol. The molecule has 0 aliphatic carbocycles. The molecular weight excluding hydrogens is 310 g/mol. The van der Waals surface area contributed by atoms with Gasteiger partial charge in [0.25, 0.3) is 0 Å². The van der Waals surface area contributed by atoms with E-state index in [4.69, 9.17) is 0 Å². The topological polar surface area (TPSA) is 62.3 Å². The highest BCUT2D eigenvalue weighted by Crippen LogP contribution is 2.12. The fourth-order valence-corrected chi connectivity index (χ4v) is 2.76. The number of aromatic nitrogens is 1. The number of aryl methyl sites for hydroxylation is 2. The lowest BCUT2D eigenvalue weighted by atomic mass is 10.2. The number of rotatable bonds is 4. The summed E-state index contributed by atoms with van der Waals surface area (Å²) in [5, 5.41) is 2.80. The van der Waals surface area contributed by atoms with Gasteiger partial charge in [0, 0.05) is 41.2 Å². The molecule has 1 atom stereocenters. The predicted molar refractivity (Wildman–Crippen MR) is 93.0 cm³/mol. The van der Waals surface area contributed by atoms with Crippen LogP contribution in [0.15, 0.2) is 41.3 Å². The fourth-order valence-electron chi connectivity index (χ4n) is 2.24. The number of carbonyl (C=O) groups excluding carboxylic acids is 1. The van der Waals surface area contributed by atoms with Crippen molar-refractivity contribution in [3.8, 4) is 0 Å². The Bertz CT molecular complexity index is 709. The van der Waals surface area contributed by atoms with E-state index in [9.17, 15) is 9.00 Å². The van der Waals surface area contributed by atoms with Gasteiger partial charge in [-0.3, -0.25) is 9.53 Å². The molecule has 2 rings (SSSR count). The number of pyridine rings is 1. The lowest BCUT2D eigenvalue weighted by Gasteiger charge is -2.18. The van der Waals surface area contributed by atoms with Crippen LogP contribution < -0.4 is 5.32 Å². The Hall–Kier alpha value is -2.21. The number of amides is 2. The average molecular weight is 331 g/mol. The van der Waals surface area contributed by atoms with Crippen LogP contribution in [0.2, 0.25) is 0 Å². The highest BCUT2D eigenvalue weighted by atomic mass is 32.2. The number of anilines is 1. The smallest absolute Gasteiger partial charge is 0.323 e. The number of nitrogens with one attached hydrogen (secondary N) is 1. The van der Waals surface area contributed by atoms with Gasteiger partial charge >= 0.3 is 6.03 Å². The van der Waals surface area contributed by atoms with Crippen LogP contribution >= 0.6 is 0 Å². The third-order valence-electron chi connectivity index (χ3n) is 3.35. The van der Waals surface area contributed by atoms with Gasteiger partial charge in [0.05, 0.1) is 0 Å². The molecule has 1 heterocycles. The van der Waals surface area contributed by atoms with Gasteiger partial charge in [0.15, 0.2) is 0 Å². The minimum Gasteiger partial charge on any atom is -0.323 e. The zero-order valence-corrected chi connectivity index (χ0v) is 14.6. The van der Waals surface area contributed by atoms with Crippen LogP contribution in [0.5, 0.6) is 0 Å². The van der Waals surface area contributed by atoms with Gasteiger partial charge in [-0.1, -0.05) is 12.1 Å². The first kappa shape index (κ1) is 17.1. The predicted octanol–water partition coefficient (Wildman–Crippen LogP) is 3.10. The summed E-state index contributed by atoms with van der Waals surface area (Å²) in [5.41, 5.74) is 2.90. The largest absolute Gasteiger partial charge is 0.323 e. The van der Waals surface area contributed by atoms with Crippen molar-refractivity contribution in [1.29, 1.82) is 0 Å². The number of nitrogens with zero attached hydrogens (tertiary/aromatic N) is 2. The molecule has 0 bridgehead atoms. The van der Waals surface area contributed by atoms with Gasteiger partial charge in [0.2, 0.25) is 0 Å². The van der Waals surface area contributed by atoms with E-state index in [1.165, 1.54) is 0 Å². The summed E-state index contributed by atoms with van der Waals surface area (Å²) in [6, 6.07) is 11.0. The molecule has 2 amide bonds. The SMILES string of the molecule is Cc1cc(C)nc(NC(=O)N(C)Cc2ccc([S@](C)=O)cc2)c1. The molecule has 1 aromatic carbocycles. The molecular formula is C17H21N3O2S. The Morgan fingerprint density at radius 3 is 2.43 bits per heavy atom. The van der Waals surface area contributed by atoms with E-state index < -0.39 is 10.8 Å². The van der Waals surface area contributed by atoms with Gasteiger partial charge in [-0.15, -0.1) is 0 Å². The summed E-state index contributed by atoms with van der Waals surface area (Å²) in [7, 11) is 0.735. The molecule has 0 aliphatic rings. The van der Waals surface area contributed by atoms with Crippen molar-refractivity contribution in [1.82, 2.24) is 9.88 Å². The molecule has 0 saturated carbocycles. The summed E-state index contributed by atoms with van der Waals surface area (Å²) < 4.78 is 11.4. The van der Waals surface area contributed by atoms with Crippen molar-refractivity contribution in [3.63, 3.8) is 0 Å². The maximum Gasteiger partial charge on any atom is 0.323 e. The molecule has 0 saturated heterocycles. The maximum atomic E-state index is 12.2. The zero-order chi connectivity index (χ0) is 17.0. The molecule has 0 aliphatic heterocycles. The lowest BCUT2D eigenvalue weighted by Crippen LogP contribution is -2.31. The second-order valence-corrected chi connectivity index (χ2v) is 6.94. The van der Waals surface area contributed by atoms with Gasteiger partial charge in [-0.25, -0.2) is 9.78 Å². The number of hydrogen-bond donors (Lipinski definition) is 1. The molecule has 122 valence electrons. The van der Waals surface area contributed by atoms with Crippen molar-refractivity contribution in [2.75, 3.05) is 18.6 Å². The van der Waals surface area contributed by atoms with E-state index >= 15 is 0 Å². The van der Waals surface area contributed by atoms with Crippen molar-refractivity contribution < 1.29 is 9.00 Å². The number of benzene rings is 1. The highest BCUT2D eigenvalue weighted by molar-refractivity contribution is 7.84.